The van der Waals surface area contributed by atoms with Gasteiger partial charge in [-0.3, -0.25) is 0 Å². The molecule has 0 aliphatic carbocycles. The normalized spacial score (nSPS) is 14.8. The maximum absolute atomic E-state index is 12.1. The van der Waals surface area contributed by atoms with Crippen molar-refractivity contribution in [3.63, 3.8) is 0 Å². The summed E-state index contributed by atoms with van der Waals surface area (Å²) >= 11 is 0. The second-order valence-electron chi connectivity index (χ2n) is 5.03. The Morgan fingerprint density at radius 2 is 1.90 bits per heavy atom. The van der Waals surface area contributed by atoms with Gasteiger partial charge in [-0.15, -0.1) is 0 Å². The van der Waals surface area contributed by atoms with E-state index in [0.29, 0.717) is 5.76 Å². The Morgan fingerprint density at radius 3 is 2.52 bits per heavy atom. The van der Waals surface area contributed by atoms with E-state index in [-0.39, 0.29) is 18.2 Å². The Balaban J connectivity index is 1.90. The quantitative estimate of drug-likeness (QED) is 0.822. The minimum absolute atomic E-state index is 0.0744. The zero-order valence-corrected chi connectivity index (χ0v) is 12.6. The highest BCUT2D eigenvalue weighted by Crippen LogP contribution is 2.19. The number of nitrogens with one attached hydrogen (secondary N) is 1. The standard InChI is InChI=1S/C15H19NO4S/c1-12(10-14(17)15-8-5-9-20-15)16-21(18,19)11-13-6-3-2-4-7-13/h2-9,12,14,16-17H,10-11H2,1H3/t12-,14-/m1/s1. The Labute approximate surface area is 124 Å². The fraction of sp³-hybridized carbons (Fsp3) is 0.333. The van der Waals surface area contributed by atoms with Gasteiger partial charge in [-0.2, -0.15) is 0 Å². The molecule has 0 amide bonds. The molecule has 0 saturated heterocycles. The van der Waals surface area contributed by atoms with Crippen LogP contribution in [0.15, 0.2) is 53.1 Å². The van der Waals surface area contributed by atoms with Crippen molar-refractivity contribution in [1.82, 2.24) is 4.72 Å². The van der Waals surface area contributed by atoms with Crippen molar-refractivity contribution in [3.8, 4) is 0 Å². The highest BCUT2D eigenvalue weighted by atomic mass is 32.2. The SMILES string of the molecule is C[C@H](C[C@@H](O)c1ccco1)NS(=O)(=O)Cc1ccccc1. The van der Waals surface area contributed by atoms with E-state index in [0.717, 1.165) is 5.56 Å². The van der Waals surface area contributed by atoms with E-state index < -0.39 is 16.1 Å². The molecule has 0 saturated carbocycles. The molecule has 0 fully saturated rings. The molecule has 2 aromatic rings. The fourth-order valence-corrected chi connectivity index (χ4v) is 3.55. The van der Waals surface area contributed by atoms with Gasteiger partial charge in [0.1, 0.15) is 11.9 Å². The lowest BCUT2D eigenvalue weighted by molar-refractivity contribution is 0.132. The van der Waals surface area contributed by atoms with Crippen LogP contribution in [0.25, 0.3) is 0 Å². The number of hydrogen-bond donors (Lipinski definition) is 2. The molecule has 1 aromatic carbocycles. The van der Waals surface area contributed by atoms with E-state index >= 15 is 0 Å². The number of aliphatic hydroxyl groups is 1. The van der Waals surface area contributed by atoms with Crippen LogP contribution in [0.1, 0.15) is 30.8 Å². The highest BCUT2D eigenvalue weighted by Gasteiger charge is 2.19. The Kier molecular flexibility index (Phi) is 5.17. The molecular formula is C15H19NO4S. The summed E-state index contributed by atoms with van der Waals surface area (Å²) in [5.74, 6) is 0.360. The van der Waals surface area contributed by atoms with Gasteiger partial charge in [-0.05, 0) is 31.0 Å². The highest BCUT2D eigenvalue weighted by molar-refractivity contribution is 7.88. The van der Waals surface area contributed by atoms with Gasteiger partial charge in [-0.1, -0.05) is 30.3 Å². The first-order valence-corrected chi connectivity index (χ1v) is 8.37. The van der Waals surface area contributed by atoms with Gasteiger partial charge in [0.2, 0.25) is 10.0 Å². The topological polar surface area (TPSA) is 79.5 Å². The van der Waals surface area contributed by atoms with Crippen molar-refractivity contribution in [2.24, 2.45) is 0 Å². The van der Waals surface area contributed by atoms with Gasteiger partial charge in [0.15, 0.2) is 0 Å². The van der Waals surface area contributed by atoms with Gasteiger partial charge < -0.3 is 9.52 Å². The first kappa shape index (κ1) is 15.8. The molecule has 21 heavy (non-hydrogen) atoms. The Morgan fingerprint density at radius 1 is 1.19 bits per heavy atom. The van der Waals surface area contributed by atoms with Crippen LogP contribution in [-0.2, 0) is 15.8 Å². The maximum Gasteiger partial charge on any atom is 0.216 e. The first-order chi connectivity index (χ1) is 9.96. The van der Waals surface area contributed by atoms with Crippen LogP contribution in [0, 0.1) is 0 Å². The average Bonchev–Trinajstić information content (AvgIpc) is 2.92. The number of hydrogen-bond acceptors (Lipinski definition) is 4. The molecular weight excluding hydrogens is 290 g/mol. The van der Waals surface area contributed by atoms with Gasteiger partial charge in [-0.25, -0.2) is 13.1 Å². The maximum atomic E-state index is 12.1. The van der Waals surface area contributed by atoms with E-state index in [1.807, 2.05) is 6.07 Å². The zero-order valence-electron chi connectivity index (χ0n) is 11.8. The third kappa shape index (κ3) is 5.00. The van der Waals surface area contributed by atoms with E-state index in [2.05, 4.69) is 4.72 Å². The lowest BCUT2D eigenvalue weighted by Gasteiger charge is -2.16. The van der Waals surface area contributed by atoms with Crippen molar-refractivity contribution in [3.05, 3.63) is 60.1 Å². The monoisotopic (exact) mass is 309 g/mol. The molecule has 0 aliphatic heterocycles. The van der Waals surface area contributed by atoms with Gasteiger partial charge in [0.25, 0.3) is 0 Å². The number of benzene rings is 1. The summed E-state index contributed by atoms with van der Waals surface area (Å²) in [7, 11) is -3.44. The van der Waals surface area contributed by atoms with E-state index in [1.165, 1.54) is 6.26 Å². The van der Waals surface area contributed by atoms with Crippen LogP contribution >= 0.6 is 0 Å². The summed E-state index contributed by atoms with van der Waals surface area (Å²) in [6, 6.07) is 11.9. The summed E-state index contributed by atoms with van der Waals surface area (Å²) < 4.78 is 31.8. The molecule has 0 unspecified atom stereocenters. The van der Waals surface area contributed by atoms with Crippen LogP contribution in [0.2, 0.25) is 0 Å². The fourth-order valence-electron chi connectivity index (χ4n) is 2.12. The average molecular weight is 309 g/mol. The van der Waals surface area contributed by atoms with Gasteiger partial charge in [0, 0.05) is 6.04 Å². The molecule has 2 rings (SSSR count). The summed E-state index contributed by atoms with van der Waals surface area (Å²) in [5.41, 5.74) is 0.726. The summed E-state index contributed by atoms with van der Waals surface area (Å²) in [5, 5.41) is 9.94. The lowest BCUT2D eigenvalue weighted by Crippen LogP contribution is -2.34. The van der Waals surface area contributed by atoms with E-state index in [1.54, 1.807) is 43.3 Å². The largest absolute Gasteiger partial charge is 0.467 e. The van der Waals surface area contributed by atoms with E-state index in [9.17, 15) is 13.5 Å². The number of furan rings is 1. The van der Waals surface area contributed by atoms with Crippen LogP contribution in [-0.4, -0.2) is 19.6 Å². The van der Waals surface area contributed by atoms with E-state index in [4.69, 9.17) is 4.42 Å². The molecule has 114 valence electrons. The van der Waals surface area contributed by atoms with Crippen molar-refractivity contribution >= 4 is 10.0 Å². The van der Waals surface area contributed by atoms with Crippen LogP contribution in [0.4, 0.5) is 0 Å². The third-order valence-electron chi connectivity index (χ3n) is 3.03. The Hall–Kier alpha value is -1.63. The van der Waals surface area contributed by atoms with Crippen molar-refractivity contribution in [2.75, 3.05) is 0 Å². The van der Waals surface area contributed by atoms with Crippen LogP contribution < -0.4 is 4.72 Å². The number of rotatable bonds is 7. The van der Waals surface area contributed by atoms with Crippen molar-refractivity contribution in [1.29, 1.82) is 0 Å². The molecule has 1 heterocycles. The van der Waals surface area contributed by atoms with Gasteiger partial charge in [0.05, 0.1) is 12.0 Å². The van der Waals surface area contributed by atoms with Crippen molar-refractivity contribution in [2.45, 2.75) is 31.2 Å². The Bertz CT molecular complexity index is 638. The molecule has 1 aromatic heterocycles. The third-order valence-corrected chi connectivity index (χ3v) is 4.50. The molecule has 0 radical (unpaired) electrons. The molecule has 0 aliphatic rings. The van der Waals surface area contributed by atoms with Crippen molar-refractivity contribution < 1.29 is 17.9 Å². The molecule has 5 nitrogen and oxygen atoms in total. The molecule has 2 atom stereocenters. The number of aliphatic hydroxyl groups excluding tert-OH is 1. The minimum atomic E-state index is -3.44. The zero-order chi connectivity index (χ0) is 15.3. The lowest BCUT2D eigenvalue weighted by atomic mass is 10.1. The predicted molar refractivity (Wildman–Crippen MR) is 79.9 cm³/mol. The summed E-state index contributed by atoms with van der Waals surface area (Å²) in [6.45, 7) is 1.72. The molecule has 0 spiro atoms. The van der Waals surface area contributed by atoms with Gasteiger partial charge >= 0.3 is 0 Å². The smallest absolute Gasteiger partial charge is 0.216 e. The second kappa shape index (κ2) is 6.89. The van der Waals surface area contributed by atoms with Crippen LogP contribution in [0.3, 0.4) is 0 Å². The molecule has 2 N–H and O–H groups in total. The predicted octanol–water partition coefficient (Wildman–Crippen LogP) is 2.21. The second-order valence-corrected chi connectivity index (χ2v) is 6.78. The summed E-state index contributed by atoms with van der Waals surface area (Å²) in [4.78, 5) is 0. The first-order valence-electron chi connectivity index (χ1n) is 6.71. The van der Waals surface area contributed by atoms with Crippen LogP contribution in [0.5, 0.6) is 0 Å². The molecule has 6 heteroatoms. The summed E-state index contributed by atoms with van der Waals surface area (Å²) in [6.07, 6.45) is 0.902. The molecule has 0 bridgehead atoms. The minimum Gasteiger partial charge on any atom is -0.467 e. The number of sulfonamides is 1.